The normalized spacial score (nSPS) is 14.3. The number of nitrogens with one attached hydrogen (secondary N) is 1. The van der Waals surface area contributed by atoms with E-state index < -0.39 is 0 Å². The molecule has 1 aliphatic carbocycles. The van der Waals surface area contributed by atoms with Gasteiger partial charge in [-0.15, -0.1) is 0 Å². The summed E-state index contributed by atoms with van der Waals surface area (Å²) in [6.45, 7) is 4.70. The Labute approximate surface area is 191 Å². The fraction of sp³-hybridized carbons (Fsp3) is 0.103. The first-order valence-electron chi connectivity index (χ1n) is 11.0. The number of fused-ring (bicyclic) bond motifs is 8. The van der Waals surface area contributed by atoms with Crippen LogP contribution in [0.3, 0.4) is 0 Å². The summed E-state index contributed by atoms with van der Waals surface area (Å²) in [6, 6.07) is 30.3. The molecule has 154 valence electrons. The quantitative estimate of drug-likeness (QED) is 0.270. The van der Waals surface area contributed by atoms with Crippen LogP contribution in [0.2, 0.25) is 5.02 Å². The third-order valence-corrected chi connectivity index (χ3v) is 7.38. The first kappa shape index (κ1) is 18.1. The lowest BCUT2D eigenvalue weighted by Crippen LogP contribution is -2.14. The summed E-state index contributed by atoms with van der Waals surface area (Å²) >= 11 is 6.36. The summed E-state index contributed by atoms with van der Waals surface area (Å²) in [5.74, 6) is 0. The number of halogens is 1. The van der Waals surface area contributed by atoms with Crippen LogP contribution in [0, 0.1) is 0 Å². The van der Waals surface area contributed by atoms with Crippen LogP contribution < -0.4 is 0 Å². The molecular weight excluding hydrogens is 412 g/mol. The van der Waals surface area contributed by atoms with Gasteiger partial charge in [-0.05, 0) is 53.6 Å². The Bertz CT molecular complexity index is 1700. The van der Waals surface area contributed by atoms with Gasteiger partial charge in [0.2, 0.25) is 0 Å². The molecule has 0 bridgehead atoms. The van der Waals surface area contributed by atoms with Crippen LogP contribution in [0.4, 0.5) is 0 Å². The van der Waals surface area contributed by atoms with E-state index in [4.69, 9.17) is 11.6 Å². The van der Waals surface area contributed by atoms with Crippen molar-refractivity contribution in [2.24, 2.45) is 0 Å². The monoisotopic (exact) mass is 432 g/mol. The topological polar surface area (TPSA) is 20.7 Å². The number of aromatic nitrogens is 2. The standard InChI is InChI=1S/C29H21ClN2/c1-29(2)23-11-7-6-10-19(23)28-27(29)22-15-21-20-14-17(30)12-13-24(20)31-25(21)16-26(22)32(28)18-8-4-3-5-9-18/h3-16,31H,1-2H3. The Kier molecular flexibility index (Phi) is 3.43. The lowest BCUT2D eigenvalue weighted by atomic mass is 9.81. The molecule has 1 aliphatic rings. The minimum Gasteiger partial charge on any atom is -0.354 e. The van der Waals surface area contributed by atoms with Crippen LogP contribution in [0.25, 0.3) is 49.7 Å². The van der Waals surface area contributed by atoms with E-state index in [1.54, 1.807) is 0 Å². The van der Waals surface area contributed by atoms with E-state index in [-0.39, 0.29) is 5.41 Å². The van der Waals surface area contributed by atoms with Gasteiger partial charge >= 0.3 is 0 Å². The Hall–Kier alpha value is -3.49. The zero-order valence-corrected chi connectivity index (χ0v) is 18.7. The second-order valence-corrected chi connectivity index (χ2v) is 9.73. The maximum Gasteiger partial charge on any atom is 0.0585 e. The number of hydrogen-bond acceptors (Lipinski definition) is 0. The highest BCUT2D eigenvalue weighted by Gasteiger charge is 2.40. The van der Waals surface area contributed by atoms with Crippen LogP contribution in [0.5, 0.6) is 0 Å². The van der Waals surface area contributed by atoms with Crippen molar-refractivity contribution >= 4 is 44.3 Å². The highest BCUT2D eigenvalue weighted by atomic mass is 35.5. The molecule has 0 unspecified atom stereocenters. The average molecular weight is 433 g/mol. The maximum absolute atomic E-state index is 6.36. The van der Waals surface area contributed by atoms with Crippen LogP contribution in [0.1, 0.15) is 25.0 Å². The van der Waals surface area contributed by atoms with Crippen molar-refractivity contribution in [2.45, 2.75) is 19.3 Å². The lowest BCUT2D eigenvalue weighted by molar-refractivity contribution is 0.666. The molecule has 0 fully saturated rings. The van der Waals surface area contributed by atoms with Crippen molar-refractivity contribution in [3.63, 3.8) is 0 Å². The third kappa shape index (κ3) is 2.20. The number of rotatable bonds is 1. The molecule has 4 aromatic carbocycles. The molecular formula is C29H21ClN2. The second kappa shape index (κ2) is 6.05. The van der Waals surface area contributed by atoms with Crippen LogP contribution in [-0.2, 0) is 5.41 Å². The molecule has 0 amide bonds. The summed E-state index contributed by atoms with van der Waals surface area (Å²) in [4.78, 5) is 3.61. The Morgan fingerprint density at radius 3 is 2.34 bits per heavy atom. The minimum absolute atomic E-state index is 0.0817. The van der Waals surface area contributed by atoms with E-state index in [0.29, 0.717) is 0 Å². The van der Waals surface area contributed by atoms with Gasteiger partial charge in [-0.3, -0.25) is 0 Å². The first-order valence-corrected chi connectivity index (χ1v) is 11.4. The molecule has 0 atom stereocenters. The van der Waals surface area contributed by atoms with Crippen molar-refractivity contribution in [2.75, 3.05) is 0 Å². The van der Waals surface area contributed by atoms with Crippen molar-refractivity contribution in [1.82, 2.24) is 9.55 Å². The van der Waals surface area contributed by atoms with E-state index in [1.807, 2.05) is 6.07 Å². The summed E-state index contributed by atoms with van der Waals surface area (Å²) in [5, 5.41) is 4.45. The fourth-order valence-corrected chi connectivity index (χ4v) is 5.93. The van der Waals surface area contributed by atoms with Crippen LogP contribution in [0.15, 0.2) is 84.9 Å². The fourth-order valence-electron chi connectivity index (χ4n) is 5.76. The second-order valence-electron chi connectivity index (χ2n) is 9.29. The Morgan fingerprint density at radius 1 is 0.750 bits per heavy atom. The minimum atomic E-state index is -0.0817. The van der Waals surface area contributed by atoms with E-state index in [1.165, 1.54) is 49.7 Å². The van der Waals surface area contributed by atoms with Gasteiger partial charge in [0, 0.05) is 48.9 Å². The molecule has 2 aromatic heterocycles. The molecule has 0 saturated heterocycles. The zero-order valence-electron chi connectivity index (χ0n) is 17.9. The van der Waals surface area contributed by atoms with Gasteiger partial charge in [-0.25, -0.2) is 0 Å². The van der Waals surface area contributed by atoms with Crippen molar-refractivity contribution in [3.8, 4) is 16.9 Å². The number of aromatic amines is 1. The third-order valence-electron chi connectivity index (χ3n) is 7.14. The van der Waals surface area contributed by atoms with Gasteiger partial charge in [-0.2, -0.15) is 0 Å². The Morgan fingerprint density at radius 2 is 1.50 bits per heavy atom. The highest BCUT2D eigenvalue weighted by Crippen LogP contribution is 2.54. The molecule has 2 nitrogen and oxygen atoms in total. The lowest BCUT2D eigenvalue weighted by Gasteiger charge is -2.21. The molecule has 0 saturated carbocycles. The highest BCUT2D eigenvalue weighted by molar-refractivity contribution is 6.32. The number of H-pyrrole nitrogens is 1. The number of hydrogen-bond donors (Lipinski definition) is 1. The van der Waals surface area contributed by atoms with E-state index >= 15 is 0 Å². The van der Waals surface area contributed by atoms with Crippen LogP contribution >= 0.6 is 11.6 Å². The van der Waals surface area contributed by atoms with Crippen molar-refractivity contribution < 1.29 is 0 Å². The number of benzene rings is 4. The summed E-state index contributed by atoms with van der Waals surface area (Å²) < 4.78 is 2.44. The van der Waals surface area contributed by atoms with Crippen molar-refractivity contribution in [1.29, 1.82) is 0 Å². The Balaban J connectivity index is 1.71. The molecule has 0 spiro atoms. The predicted molar refractivity (Wildman–Crippen MR) is 135 cm³/mol. The smallest absolute Gasteiger partial charge is 0.0585 e. The maximum atomic E-state index is 6.36. The summed E-state index contributed by atoms with van der Waals surface area (Å²) in [6.07, 6.45) is 0. The summed E-state index contributed by atoms with van der Waals surface area (Å²) in [7, 11) is 0. The van der Waals surface area contributed by atoms with Gasteiger partial charge in [0.05, 0.1) is 11.2 Å². The molecule has 3 heteroatoms. The van der Waals surface area contributed by atoms with Gasteiger partial charge in [0.1, 0.15) is 0 Å². The molecule has 6 aromatic rings. The molecule has 0 aliphatic heterocycles. The van der Waals surface area contributed by atoms with Crippen molar-refractivity contribution in [3.05, 3.63) is 101 Å². The number of nitrogens with zero attached hydrogens (tertiary/aromatic N) is 1. The predicted octanol–water partition coefficient (Wildman–Crippen LogP) is 8.22. The summed E-state index contributed by atoms with van der Waals surface area (Å²) in [5.41, 5.74) is 10.00. The van der Waals surface area contributed by atoms with Crippen LogP contribution in [-0.4, -0.2) is 9.55 Å². The SMILES string of the molecule is CC1(C)c2ccccc2-c2c1c1cc3c(cc1n2-c1ccccc1)[nH]c1ccc(Cl)cc13. The van der Waals surface area contributed by atoms with Gasteiger partial charge in [0.25, 0.3) is 0 Å². The van der Waals surface area contributed by atoms with E-state index in [0.717, 1.165) is 16.1 Å². The molecule has 1 N–H and O–H groups in total. The first-order chi connectivity index (χ1) is 15.5. The zero-order chi connectivity index (χ0) is 21.6. The number of para-hydroxylation sites is 1. The average Bonchev–Trinajstić information content (AvgIpc) is 3.40. The van der Waals surface area contributed by atoms with Gasteiger partial charge < -0.3 is 9.55 Å². The molecule has 0 radical (unpaired) electrons. The van der Waals surface area contributed by atoms with Gasteiger partial charge in [-0.1, -0.05) is 67.9 Å². The van der Waals surface area contributed by atoms with Gasteiger partial charge in [0.15, 0.2) is 0 Å². The molecule has 32 heavy (non-hydrogen) atoms. The molecule has 7 rings (SSSR count). The largest absolute Gasteiger partial charge is 0.354 e. The van der Waals surface area contributed by atoms with E-state index in [2.05, 4.69) is 102 Å². The molecule has 2 heterocycles. The van der Waals surface area contributed by atoms with E-state index in [9.17, 15) is 0 Å².